The summed E-state index contributed by atoms with van der Waals surface area (Å²) in [6.45, 7) is 2.31. The van der Waals surface area contributed by atoms with Crippen LogP contribution in [0.4, 0.5) is 26.3 Å². The van der Waals surface area contributed by atoms with E-state index in [0.717, 1.165) is 12.5 Å². The van der Waals surface area contributed by atoms with Gasteiger partial charge in [0.15, 0.2) is 0 Å². The van der Waals surface area contributed by atoms with Gasteiger partial charge in [-0.3, -0.25) is 0 Å². The summed E-state index contributed by atoms with van der Waals surface area (Å²) in [4.78, 5) is -1.18. The maximum Gasteiger partial charge on any atom is 0.380 e. The highest BCUT2D eigenvalue weighted by atomic mass is 32.2. The van der Waals surface area contributed by atoms with Crippen LogP contribution < -0.4 is 9.47 Å². The van der Waals surface area contributed by atoms with Gasteiger partial charge < -0.3 is 14.0 Å². The summed E-state index contributed by atoms with van der Waals surface area (Å²) in [6, 6.07) is 15.1. The average Bonchev–Trinajstić information content (AvgIpc) is 3.42. The average molecular weight is 660 g/mol. The smallest absolute Gasteiger partial charge is 0.380 e. The number of aromatic nitrogens is 1. The standard InChI is InChI=1S/C34H27F6NO4S/c1-18-28(25-17-23(45-5)13-15-26(25)41(18)3)30-31(33(37,38)34(39,40)32(30,35)36)29-19(2)46(42,43)27-16-21(10-14-24(27)29)7-6-20-8-11-22(44-4)12-9-20/h6-17H,1-5H3. The third kappa shape index (κ3) is 4.18. The molecule has 0 fully saturated rings. The topological polar surface area (TPSA) is 57.5 Å². The molecule has 0 N–H and O–H groups in total. The molecule has 1 aromatic heterocycles. The molecule has 0 bridgehead atoms. The zero-order valence-electron chi connectivity index (χ0n) is 25.2. The van der Waals surface area contributed by atoms with Crippen molar-refractivity contribution in [1.82, 2.24) is 4.57 Å². The summed E-state index contributed by atoms with van der Waals surface area (Å²) in [7, 11) is -0.218. The Balaban J connectivity index is 1.61. The Bertz CT molecular complexity index is 2140. The predicted octanol–water partition coefficient (Wildman–Crippen LogP) is 8.57. The monoisotopic (exact) mass is 659 g/mol. The van der Waals surface area contributed by atoms with Gasteiger partial charge in [0, 0.05) is 51.5 Å². The molecule has 3 aromatic carbocycles. The fourth-order valence-electron chi connectivity index (χ4n) is 6.16. The Hall–Kier alpha value is -4.45. The summed E-state index contributed by atoms with van der Waals surface area (Å²) >= 11 is 0. The van der Waals surface area contributed by atoms with Crippen LogP contribution in [0, 0.1) is 6.92 Å². The van der Waals surface area contributed by atoms with Gasteiger partial charge in [-0.05, 0) is 61.4 Å². The predicted molar refractivity (Wildman–Crippen MR) is 164 cm³/mol. The molecule has 1 aliphatic carbocycles. The molecule has 0 atom stereocenters. The van der Waals surface area contributed by atoms with E-state index in [-0.39, 0.29) is 22.4 Å². The number of allylic oxidation sites excluding steroid dienone is 4. The molecular weight excluding hydrogens is 632 g/mol. The van der Waals surface area contributed by atoms with Crippen molar-refractivity contribution in [1.29, 1.82) is 0 Å². The molecule has 46 heavy (non-hydrogen) atoms. The number of halogens is 6. The first-order valence-corrected chi connectivity index (χ1v) is 15.4. The number of fused-ring (bicyclic) bond motifs is 2. The van der Waals surface area contributed by atoms with Gasteiger partial charge in [0.05, 0.1) is 24.0 Å². The molecule has 0 unspecified atom stereocenters. The van der Waals surface area contributed by atoms with Crippen molar-refractivity contribution in [3.05, 3.63) is 99.1 Å². The molecule has 0 saturated heterocycles. The Morgan fingerprint density at radius 2 is 1.30 bits per heavy atom. The first-order chi connectivity index (χ1) is 21.5. The van der Waals surface area contributed by atoms with E-state index in [1.807, 2.05) is 0 Å². The number of sulfone groups is 1. The number of alkyl halides is 6. The summed E-state index contributed by atoms with van der Waals surface area (Å²) in [5.41, 5.74) is -3.72. The molecule has 12 heteroatoms. The molecule has 0 amide bonds. The maximum atomic E-state index is 15.9. The van der Waals surface area contributed by atoms with Gasteiger partial charge in [-0.25, -0.2) is 8.42 Å². The van der Waals surface area contributed by atoms with Crippen molar-refractivity contribution in [2.24, 2.45) is 7.05 Å². The number of hydrogen-bond acceptors (Lipinski definition) is 4. The molecule has 0 spiro atoms. The van der Waals surface area contributed by atoms with Crippen LogP contribution in [0.25, 0.3) is 34.2 Å². The lowest BCUT2D eigenvalue weighted by Crippen LogP contribution is -2.49. The van der Waals surface area contributed by atoms with Crippen molar-refractivity contribution in [2.45, 2.75) is 36.5 Å². The van der Waals surface area contributed by atoms with E-state index < -0.39 is 59.7 Å². The van der Waals surface area contributed by atoms with E-state index in [0.29, 0.717) is 16.8 Å². The van der Waals surface area contributed by atoms with Crippen molar-refractivity contribution in [2.75, 3.05) is 14.2 Å². The Kier molecular flexibility index (Phi) is 7.05. The number of rotatable bonds is 6. The first kappa shape index (κ1) is 31.5. The van der Waals surface area contributed by atoms with E-state index in [4.69, 9.17) is 9.47 Å². The van der Waals surface area contributed by atoms with Crippen LogP contribution in [0.1, 0.15) is 34.9 Å². The number of benzene rings is 3. The second-order valence-electron chi connectivity index (χ2n) is 11.2. The van der Waals surface area contributed by atoms with E-state index in [1.54, 1.807) is 36.4 Å². The normalized spacial score (nSPS) is 19.4. The van der Waals surface area contributed by atoms with Gasteiger partial charge in [-0.1, -0.05) is 36.4 Å². The van der Waals surface area contributed by atoms with Crippen molar-refractivity contribution in [3.8, 4) is 11.5 Å². The maximum absolute atomic E-state index is 15.9. The summed E-state index contributed by atoms with van der Waals surface area (Å²) < 4.78 is 133. The third-order valence-corrected chi connectivity index (χ3v) is 10.7. The fraction of sp³-hybridized carbons (Fsp3) is 0.235. The summed E-state index contributed by atoms with van der Waals surface area (Å²) in [5.74, 6) is -15.9. The first-order valence-electron chi connectivity index (χ1n) is 14.0. The quantitative estimate of drug-likeness (QED) is 0.154. The van der Waals surface area contributed by atoms with E-state index in [1.165, 1.54) is 69.2 Å². The molecule has 6 rings (SSSR count). The van der Waals surface area contributed by atoms with Crippen LogP contribution in [-0.4, -0.2) is 45.0 Å². The van der Waals surface area contributed by atoms with Crippen LogP contribution in [-0.2, 0) is 16.9 Å². The van der Waals surface area contributed by atoms with Gasteiger partial charge in [-0.2, -0.15) is 26.3 Å². The summed E-state index contributed by atoms with van der Waals surface area (Å²) in [6.07, 6.45) is 3.25. The molecule has 0 radical (unpaired) electrons. The van der Waals surface area contributed by atoms with Gasteiger partial charge in [0.1, 0.15) is 11.5 Å². The van der Waals surface area contributed by atoms with E-state index in [9.17, 15) is 8.42 Å². The van der Waals surface area contributed by atoms with E-state index in [2.05, 4.69) is 0 Å². The van der Waals surface area contributed by atoms with Crippen LogP contribution >= 0.6 is 0 Å². The van der Waals surface area contributed by atoms with Crippen LogP contribution in [0.15, 0.2) is 76.0 Å². The second-order valence-corrected chi connectivity index (χ2v) is 13.2. The molecule has 5 nitrogen and oxygen atoms in total. The number of ether oxygens (including phenoxy) is 2. The van der Waals surface area contributed by atoms with Crippen molar-refractivity contribution < 1.29 is 44.2 Å². The van der Waals surface area contributed by atoms with Gasteiger partial charge >= 0.3 is 17.8 Å². The minimum atomic E-state index is -5.88. The van der Waals surface area contributed by atoms with E-state index >= 15 is 26.3 Å². The minimum Gasteiger partial charge on any atom is -0.497 e. The third-order valence-electron chi connectivity index (χ3n) is 8.77. The highest BCUT2D eigenvalue weighted by Crippen LogP contribution is 2.67. The number of methoxy groups -OCH3 is 2. The van der Waals surface area contributed by atoms with Crippen LogP contribution in [0.2, 0.25) is 0 Å². The largest absolute Gasteiger partial charge is 0.497 e. The molecule has 240 valence electrons. The SMILES string of the molecule is COc1ccc(C=Cc2ccc3c(c2)S(=O)(=O)C(C)=C3C2=C(c3c(C)n(C)c4ccc(OC)cc34)C(F)(F)C(F)(F)C2(F)F)cc1. The van der Waals surface area contributed by atoms with Crippen LogP contribution in [0.3, 0.4) is 0 Å². The van der Waals surface area contributed by atoms with Gasteiger partial charge in [0.25, 0.3) is 0 Å². The molecule has 2 heterocycles. The Morgan fingerprint density at radius 1 is 0.739 bits per heavy atom. The molecule has 1 aliphatic heterocycles. The highest BCUT2D eigenvalue weighted by Gasteiger charge is 2.81. The highest BCUT2D eigenvalue weighted by molar-refractivity contribution is 7.95. The zero-order chi connectivity index (χ0) is 33.6. The molecule has 0 saturated carbocycles. The van der Waals surface area contributed by atoms with Gasteiger partial charge in [-0.15, -0.1) is 0 Å². The van der Waals surface area contributed by atoms with Gasteiger partial charge in [0.2, 0.25) is 9.84 Å². The number of nitrogens with zero attached hydrogens (tertiary/aromatic N) is 1. The molecule has 2 aliphatic rings. The Morgan fingerprint density at radius 3 is 1.93 bits per heavy atom. The Labute approximate surface area is 261 Å². The second kappa shape index (κ2) is 10.3. The lowest BCUT2D eigenvalue weighted by molar-refractivity contribution is -0.258. The lowest BCUT2D eigenvalue weighted by Gasteiger charge is -2.26. The molecular formula is C34H27F6NO4S. The van der Waals surface area contributed by atoms with Crippen molar-refractivity contribution in [3.63, 3.8) is 0 Å². The van der Waals surface area contributed by atoms with Crippen LogP contribution in [0.5, 0.6) is 11.5 Å². The number of aryl methyl sites for hydroxylation is 1. The fourth-order valence-corrected chi connectivity index (χ4v) is 7.72. The molecule has 4 aromatic rings. The minimum absolute atomic E-state index is 0.00211. The number of hydrogen-bond donors (Lipinski definition) is 0. The summed E-state index contributed by atoms with van der Waals surface area (Å²) in [5, 5.41) is -0.0293. The lowest BCUT2D eigenvalue weighted by atomic mass is 9.89. The van der Waals surface area contributed by atoms with Crippen molar-refractivity contribution >= 4 is 44.0 Å². The zero-order valence-corrected chi connectivity index (χ0v) is 26.0.